The number of hydrogen-bond donors (Lipinski definition) is 4. The van der Waals surface area contributed by atoms with E-state index >= 15 is 0 Å². The lowest BCUT2D eigenvalue weighted by molar-refractivity contribution is 0.482. The van der Waals surface area contributed by atoms with Gasteiger partial charge in [0.2, 0.25) is 0 Å². The molecule has 0 aliphatic heterocycles. The van der Waals surface area contributed by atoms with Crippen LogP contribution in [0.15, 0.2) is 23.0 Å². The highest BCUT2D eigenvalue weighted by Gasteiger charge is 2.11. The highest BCUT2D eigenvalue weighted by Crippen LogP contribution is 2.20. The molecule has 2 aromatic rings. The van der Waals surface area contributed by atoms with Crippen molar-refractivity contribution in [1.82, 2.24) is 9.97 Å². The van der Waals surface area contributed by atoms with Crippen molar-refractivity contribution in [2.75, 3.05) is 6.54 Å². The van der Waals surface area contributed by atoms with Crippen molar-refractivity contribution in [3.05, 3.63) is 34.2 Å². The summed E-state index contributed by atoms with van der Waals surface area (Å²) in [7, 11) is 0. The summed E-state index contributed by atoms with van der Waals surface area (Å²) in [5.74, 6) is 0.394. The van der Waals surface area contributed by atoms with Gasteiger partial charge >= 0.3 is 5.69 Å². The summed E-state index contributed by atoms with van der Waals surface area (Å²) < 4.78 is 0. The molecule has 0 spiro atoms. The highest BCUT2D eigenvalue weighted by atomic mass is 16.1. The van der Waals surface area contributed by atoms with E-state index in [1.165, 1.54) is 0 Å². The van der Waals surface area contributed by atoms with Crippen LogP contribution >= 0.6 is 0 Å². The number of nitrogens with two attached hydrogens (primary N) is 2. The topological polar surface area (TPSA) is 101 Å². The van der Waals surface area contributed by atoms with Crippen molar-refractivity contribution in [2.24, 2.45) is 17.4 Å². The van der Waals surface area contributed by atoms with E-state index in [0.717, 1.165) is 23.0 Å². The van der Waals surface area contributed by atoms with Crippen LogP contribution in [-0.4, -0.2) is 16.5 Å². The summed E-state index contributed by atoms with van der Waals surface area (Å²) in [6, 6.07) is 5.69. The molecular weight excluding hydrogens is 216 g/mol. The first kappa shape index (κ1) is 11.9. The van der Waals surface area contributed by atoms with Crippen LogP contribution in [0.1, 0.15) is 24.9 Å². The zero-order chi connectivity index (χ0) is 12.4. The smallest absolute Gasteiger partial charge is 0.323 e. The Bertz CT molecular complexity index is 557. The maximum atomic E-state index is 11.1. The molecule has 17 heavy (non-hydrogen) atoms. The van der Waals surface area contributed by atoms with Crippen LogP contribution in [0.3, 0.4) is 0 Å². The zero-order valence-electron chi connectivity index (χ0n) is 9.86. The molecule has 5 nitrogen and oxygen atoms in total. The quantitative estimate of drug-likeness (QED) is 0.630. The molecule has 0 saturated carbocycles. The van der Waals surface area contributed by atoms with Crippen molar-refractivity contribution in [3.63, 3.8) is 0 Å². The molecule has 0 aliphatic rings. The van der Waals surface area contributed by atoms with Crippen LogP contribution in [0.4, 0.5) is 0 Å². The zero-order valence-corrected chi connectivity index (χ0v) is 9.86. The number of fused-ring (bicyclic) bond motifs is 1. The van der Waals surface area contributed by atoms with Gasteiger partial charge in [-0.1, -0.05) is 13.0 Å². The predicted octanol–water partition coefficient (Wildman–Crippen LogP) is 0.841. The second-order valence-corrected chi connectivity index (χ2v) is 4.57. The molecule has 1 aromatic heterocycles. The second-order valence-electron chi connectivity index (χ2n) is 4.57. The van der Waals surface area contributed by atoms with Crippen molar-refractivity contribution >= 4 is 11.0 Å². The van der Waals surface area contributed by atoms with E-state index in [1.54, 1.807) is 0 Å². The van der Waals surface area contributed by atoms with E-state index in [0.29, 0.717) is 12.5 Å². The third kappa shape index (κ3) is 2.57. The Kier molecular flexibility index (Phi) is 3.31. The summed E-state index contributed by atoms with van der Waals surface area (Å²) in [6.45, 7) is 2.72. The van der Waals surface area contributed by atoms with Gasteiger partial charge in [-0.25, -0.2) is 4.79 Å². The molecule has 2 rings (SSSR count). The summed E-state index contributed by atoms with van der Waals surface area (Å²) in [6.07, 6.45) is 0.844. The molecule has 92 valence electrons. The maximum absolute atomic E-state index is 11.1. The van der Waals surface area contributed by atoms with Crippen molar-refractivity contribution < 1.29 is 0 Å². The largest absolute Gasteiger partial charge is 0.330 e. The SMILES string of the molecule is CC(CN)CC(N)c1ccc2[nH]c(=O)[nH]c2c1. The first-order valence-electron chi connectivity index (χ1n) is 5.77. The Hall–Kier alpha value is -1.59. The summed E-state index contributed by atoms with van der Waals surface area (Å²) in [4.78, 5) is 16.6. The van der Waals surface area contributed by atoms with Gasteiger partial charge in [-0.15, -0.1) is 0 Å². The Morgan fingerprint density at radius 1 is 1.29 bits per heavy atom. The van der Waals surface area contributed by atoms with Gasteiger partial charge in [-0.05, 0) is 36.6 Å². The fraction of sp³-hybridized carbons (Fsp3) is 0.417. The van der Waals surface area contributed by atoms with Crippen LogP contribution in [0, 0.1) is 5.92 Å². The number of imidazole rings is 1. The van der Waals surface area contributed by atoms with Crippen LogP contribution in [0.2, 0.25) is 0 Å². The summed E-state index contributed by atoms with van der Waals surface area (Å²) in [5, 5.41) is 0. The van der Waals surface area contributed by atoms with Crippen molar-refractivity contribution in [3.8, 4) is 0 Å². The minimum absolute atomic E-state index is 0.0450. The molecule has 0 aliphatic carbocycles. The lowest BCUT2D eigenvalue weighted by Crippen LogP contribution is -2.19. The Balaban J connectivity index is 2.26. The minimum Gasteiger partial charge on any atom is -0.330 e. The average molecular weight is 234 g/mol. The molecule has 2 atom stereocenters. The predicted molar refractivity (Wildman–Crippen MR) is 68.7 cm³/mol. The van der Waals surface area contributed by atoms with Gasteiger partial charge in [0.1, 0.15) is 0 Å². The Labute approximate surface area is 99.2 Å². The van der Waals surface area contributed by atoms with E-state index in [9.17, 15) is 4.79 Å². The summed E-state index contributed by atoms with van der Waals surface area (Å²) in [5.41, 5.74) is 14.1. The third-order valence-corrected chi connectivity index (χ3v) is 3.03. The van der Waals surface area contributed by atoms with Crippen LogP contribution in [0.5, 0.6) is 0 Å². The molecule has 0 bridgehead atoms. The number of nitrogens with one attached hydrogen (secondary N) is 2. The first-order valence-corrected chi connectivity index (χ1v) is 5.77. The molecule has 0 amide bonds. The van der Waals surface area contributed by atoms with E-state index in [1.807, 2.05) is 18.2 Å². The standard InChI is InChI=1S/C12H18N4O/c1-7(6-13)4-9(14)8-2-3-10-11(5-8)16-12(17)15-10/h2-3,5,7,9H,4,6,13-14H2,1H3,(H2,15,16,17). The van der Waals surface area contributed by atoms with Crippen molar-refractivity contribution in [2.45, 2.75) is 19.4 Å². The number of hydrogen-bond acceptors (Lipinski definition) is 3. The fourth-order valence-electron chi connectivity index (χ4n) is 1.95. The molecule has 2 unspecified atom stereocenters. The normalized spacial score (nSPS) is 15.0. The number of aromatic amines is 2. The van der Waals surface area contributed by atoms with Gasteiger partial charge in [0.25, 0.3) is 0 Å². The molecule has 0 radical (unpaired) electrons. The second kappa shape index (κ2) is 4.73. The molecule has 0 fully saturated rings. The van der Waals surface area contributed by atoms with Gasteiger partial charge in [0.05, 0.1) is 11.0 Å². The molecule has 6 N–H and O–H groups in total. The molecule has 1 heterocycles. The number of aromatic nitrogens is 2. The van der Waals surface area contributed by atoms with Crippen LogP contribution in [0.25, 0.3) is 11.0 Å². The number of H-pyrrole nitrogens is 2. The molecule has 5 heteroatoms. The molecular formula is C12H18N4O. The minimum atomic E-state index is -0.193. The fourth-order valence-corrected chi connectivity index (χ4v) is 1.95. The highest BCUT2D eigenvalue weighted by molar-refractivity contribution is 5.75. The molecule has 1 aromatic carbocycles. The first-order chi connectivity index (χ1) is 8.10. The average Bonchev–Trinajstić information content (AvgIpc) is 2.67. The lowest BCUT2D eigenvalue weighted by atomic mass is 9.96. The summed E-state index contributed by atoms with van der Waals surface area (Å²) >= 11 is 0. The van der Waals surface area contributed by atoms with Gasteiger partial charge in [-0.3, -0.25) is 0 Å². The number of rotatable bonds is 4. The lowest BCUT2D eigenvalue weighted by Gasteiger charge is -2.16. The van der Waals surface area contributed by atoms with E-state index < -0.39 is 0 Å². The van der Waals surface area contributed by atoms with Crippen molar-refractivity contribution in [1.29, 1.82) is 0 Å². The molecule has 0 saturated heterocycles. The monoisotopic (exact) mass is 234 g/mol. The van der Waals surface area contributed by atoms with E-state index in [2.05, 4.69) is 16.9 Å². The maximum Gasteiger partial charge on any atom is 0.323 e. The van der Waals surface area contributed by atoms with E-state index in [4.69, 9.17) is 11.5 Å². The van der Waals surface area contributed by atoms with Gasteiger partial charge < -0.3 is 21.4 Å². The van der Waals surface area contributed by atoms with E-state index in [-0.39, 0.29) is 11.7 Å². The Morgan fingerprint density at radius 3 is 2.71 bits per heavy atom. The van der Waals surface area contributed by atoms with Gasteiger partial charge in [0, 0.05) is 6.04 Å². The van der Waals surface area contributed by atoms with Gasteiger partial charge in [-0.2, -0.15) is 0 Å². The van der Waals surface area contributed by atoms with Crippen LogP contribution in [-0.2, 0) is 0 Å². The van der Waals surface area contributed by atoms with Gasteiger partial charge in [0.15, 0.2) is 0 Å². The van der Waals surface area contributed by atoms with Crippen LogP contribution < -0.4 is 17.2 Å². The number of benzene rings is 1. The third-order valence-electron chi connectivity index (χ3n) is 3.03. The Morgan fingerprint density at radius 2 is 2.00 bits per heavy atom.